The average molecular weight is 407 g/mol. The molecule has 0 heteroatoms. The Morgan fingerprint density at radius 2 is 2.03 bits per heavy atom. The maximum Gasteiger partial charge on any atom is 0.0187 e. The molecular weight excluding hydrogens is 372 g/mol. The lowest BCUT2D eigenvalue weighted by Crippen LogP contribution is -2.19. The molecule has 0 saturated heterocycles. The molecule has 158 valence electrons. The van der Waals surface area contributed by atoms with E-state index in [1.807, 2.05) is 0 Å². The van der Waals surface area contributed by atoms with Gasteiger partial charge < -0.3 is 0 Å². The molecule has 0 aromatic heterocycles. The summed E-state index contributed by atoms with van der Waals surface area (Å²) in [6, 6.07) is 9.02. The molecule has 0 nitrogen and oxygen atoms in total. The smallest absolute Gasteiger partial charge is 0.0187 e. The van der Waals surface area contributed by atoms with Gasteiger partial charge in [0.05, 0.1) is 0 Å². The van der Waals surface area contributed by atoms with Gasteiger partial charge in [-0.05, 0) is 72.5 Å². The minimum Gasteiger partial charge on any atom is -0.102 e. The van der Waals surface area contributed by atoms with E-state index in [-0.39, 0.29) is 0 Å². The first-order valence-corrected chi connectivity index (χ1v) is 11.5. The lowest BCUT2D eigenvalue weighted by molar-refractivity contribution is 0.414. The van der Waals surface area contributed by atoms with Gasteiger partial charge in [0.2, 0.25) is 0 Å². The predicted octanol–water partition coefficient (Wildman–Crippen LogP) is 8.35. The molecule has 4 unspecified atom stereocenters. The van der Waals surface area contributed by atoms with Crippen LogP contribution in [0, 0.1) is 24.7 Å². The number of allylic oxidation sites excluding steroid dienone is 13. The summed E-state index contributed by atoms with van der Waals surface area (Å²) in [5.74, 6) is 1.65. The van der Waals surface area contributed by atoms with Gasteiger partial charge >= 0.3 is 0 Å². The molecule has 0 radical (unpaired) electrons. The van der Waals surface area contributed by atoms with Gasteiger partial charge in [-0.15, -0.1) is 6.58 Å². The Balaban J connectivity index is 1.72. The number of aryl methyl sites for hydroxylation is 1. The highest BCUT2D eigenvalue weighted by Gasteiger charge is 2.41. The molecule has 1 aromatic rings. The maximum atomic E-state index is 4.59. The van der Waals surface area contributed by atoms with Crippen molar-refractivity contribution >= 4 is 0 Å². The van der Waals surface area contributed by atoms with E-state index in [2.05, 4.69) is 106 Å². The highest BCUT2D eigenvalue weighted by atomic mass is 14.4. The van der Waals surface area contributed by atoms with Crippen molar-refractivity contribution in [3.8, 4) is 0 Å². The Morgan fingerprint density at radius 1 is 1.19 bits per heavy atom. The van der Waals surface area contributed by atoms with E-state index in [1.165, 1.54) is 39.8 Å². The quantitative estimate of drug-likeness (QED) is 0.329. The van der Waals surface area contributed by atoms with Crippen LogP contribution in [0.1, 0.15) is 43.2 Å². The van der Waals surface area contributed by atoms with Crippen LogP contribution in [-0.4, -0.2) is 0 Å². The lowest BCUT2D eigenvalue weighted by Gasteiger charge is -2.33. The Hall–Kier alpha value is -2.86. The first-order chi connectivity index (χ1) is 15.1. The molecule has 0 fully saturated rings. The van der Waals surface area contributed by atoms with Crippen LogP contribution in [0.3, 0.4) is 0 Å². The first-order valence-electron chi connectivity index (χ1n) is 11.5. The topological polar surface area (TPSA) is 0 Å². The third-order valence-electron chi connectivity index (χ3n) is 7.26. The Labute approximate surface area is 188 Å². The molecule has 3 aliphatic rings. The number of hydrogen-bond donors (Lipinski definition) is 0. The lowest BCUT2D eigenvalue weighted by atomic mass is 9.71. The van der Waals surface area contributed by atoms with Crippen molar-refractivity contribution in [1.29, 1.82) is 0 Å². The SMILES string of the molecule is C=CC(=CC=CC)C(c1cccc(C)c1)C1CCC2=C(C1)C(=C)C1C2=CC=CC1C=C. The number of benzene rings is 1. The molecule has 4 atom stereocenters. The van der Waals surface area contributed by atoms with Crippen LogP contribution < -0.4 is 0 Å². The van der Waals surface area contributed by atoms with E-state index in [0.29, 0.717) is 23.7 Å². The van der Waals surface area contributed by atoms with Gasteiger partial charge in [0.1, 0.15) is 0 Å². The summed E-state index contributed by atoms with van der Waals surface area (Å²) in [6.07, 6.45) is 20.8. The van der Waals surface area contributed by atoms with Crippen molar-refractivity contribution < 1.29 is 0 Å². The third-order valence-corrected chi connectivity index (χ3v) is 7.26. The summed E-state index contributed by atoms with van der Waals surface area (Å²) in [5.41, 5.74) is 9.90. The molecule has 3 aliphatic carbocycles. The summed E-state index contributed by atoms with van der Waals surface area (Å²) in [7, 11) is 0. The number of hydrogen-bond acceptors (Lipinski definition) is 0. The summed E-state index contributed by atoms with van der Waals surface area (Å²) < 4.78 is 0. The number of fused-ring (bicyclic) bond motifs is 2. The molecule has 0 saturated carbocycles. The molecule has 0 heterocycles. The summed E-state index contributed by atoms with van der Waals surface area (Å²) in [4.78, 5) is 0. The molecule has 31 heavy (non-hydrogen) atoms. The van der Waals surface area contributed by atoms with Crippen molar-refractivity contribution in [1.82, 2.24) is 0 Å². The number of rotatable bonds is 6. The monoisotopic (exact) mass is 406 g/mol. The normalized spacial score (nSPS) is 26.5. The summed E-state index contributed by atoms with van der Waals surface area (Å²) in [6.45, 7) is 17.1. The highest BCUT2D eigenvalue weighted by Crippen LogP contribution is 2.55. The van der Waals surface area contributed by atoms with Crippen molar-refractivity contribution in [3.05, 3.63) is 132 Å². The molecule has 0 spiro atoms. The third kappa shape index (κ3) is 3.92. The van der Waals surface area contributed by atoms with E-state index in [9.17, 15) is 0 Å². The Kier molecular flexibility index (Phi) is 6.28. The first kappa shape index (κ1) is 21.4. The van der Waals surface area contributed by atoms with Crippen LogP contribution in [0.2, 0.25) is 0 Å². The molecule has 0 bridgehead atoms. The van der Waals surface area contributed by atoms with Crippen LogP contribution in [0.15, 0.2) is 120 Å². The second kappa shape index (κ2) is 9.10. The van der Waals surface area contributed by atoms with Crippen LogP contribution >= 0.6 is 0 Å². The zero-order chi connectivity index (χ0) is 22.0. The van der Waals surface area contributed by atoms with Crippen LogP contribution in [0.25, 0.3) is 0 Å². The fraction of sp³-hybridized carbons (Fsp3) is 0.290. The van der Waals surface area contributed by atoms with Crippen LogP contribution in [0.5, 0.6) is 0 Å². The van der Waals surface area contributed by atoms with Gasteiger partial charge in [-0.3, -0.25) is 0 Å². The molecular formula is C31H34. The van der Waals surface area contributed by atoms with E-state index in [4.69, 9.17) is 0 Å². The molecule has 1 aromatic carbocycles. The van der Waals surface area contributed by atoms with E-state index < -0.39 is 0 Å². The van der Waals surface area contributed by atoms with Crippen molar-refractivity contribution in [2.75, 3.05) is 0 Å². The van der Waals surface area contributed by atoms with Crippen molar-refractivity contribution in [2.45, 2.75) is 39.0 Å². The van der Waals surface area contributed by atoms with Crippen molar-refractivity contribution in [3.63, 3.8) is 0 Å². The van der Waals surface area contributed by atoms with Gasteiger partial charge in [-0.25, -0.2) is 0 Å². The minimum absolute atomic E-state index is 0.348. The van der Waals surface area contributed by atoms with E-state index in [0.717, 1.165) is 12.8 Å². The van der Waals surface area contributed by atoms with Crippen LogP contribution in [0.4, 0.5) is 0 Å². The van der Waals surface area contributed by atoms with Gasteiger partial charge in [-0.2, -0.15) is 0 Å². The zero-order valence-electron chi connectivity index (χ0n) is 19.0. The molecule has 0 aliphatic heterocycles. The fourth-order valence-electron chi connectivity index (χ4n) is 5.82. The van der Waals surface area contributed by atoms with E-state index in [1.54, 1.807) is 5.57 Å². The summed E-state index contributed by atoms with van der Waals surface area (Å²) >= 11 is 0. The van der Waals surface area contributed by atoms with Gasteiger partial charge in [0.15, 0.2) is 0 Å². The molecule has 0 amide bonds. The second-order valence-electron chi connectivity index (χ2n) is 9.07. The summed E-state index contributed by atoms with van der Waals surface area (Å²) in [5, 5.41) is 0. The molecule has 4 rings (SSSR count). The zero-order valence-corrected chi connectivity index (χ0v) is 19.0. The van der Waals surface area contributed by atoms with Crippen LogP contribution in [-0.2, 0) is 0 Å². The Bertz CT molecular complexity index is 1050. The predicted molar refractivity (Wildman–Crippen MR) is 135 cm³/mol. The average Bonchev–Trinajstić information content (AvgIpc) is 3.08. The molecule has 0 N–H and O–H groups in total. The van der Waals surface area contributed by atoms with Gasteiger partial charge in [0.25, 0.3) is 0 Å². The largest absolute Gasteiger partial charge is 0.102 e. The maximum absolute atomic E-state index is 4.59. The standard InChI is InChI=1S/C31H34/c1-6-9-13-24(8-3)31(25-15-10-12-21(4)19-25)26-17-18-27-28-16-11-14-23(7-2)30(28)22(5)29(27)20-26/h6-16,19,23,26,30-31H,2-3,5,17-18,20H2,1,4H3. The Morgan fingerprint density at radius 3 is 2.74 bits per heavy atom. The van der Waals surface area contributed by atoms with E-state index >= 15 is 0 Å². The highest BCUT2D eigenvalue weighted by molar-refractivity contribution is 5.61. The second-order valence-corrected chi connectivity index (χ2v) is 9.07. The minimum atomic E-state index is 0.348. The van der Waals surface area contributed by atoms with Crippen molar-refractivity contribution in [2.24, 2.45) is 17.8 Å². The van der Waals surface area contributed by atoms with Gasteiger partial charge in [-0.1, -0.05) is 91.6 Å². The van der Waals surface area contributed by atoms with Gasteiger partial charge in [0, 0.05) is 17.8 Å². The fourth-order valence-corrected chi connectivity index (χ4v) is 5.82.